The van der Waals surface area contributed by atoms with E-state index in [-0.39, 0.29) is 11.9 Å². The van der Waals surface area contributed by atoms with Crippen LogP contribution in [0.15, 0.2) is 30.5 Å². The predicted molar refractivity (Wildman–Crippen MR) is 104 cm³/mol. The maximum Gasteiger partial charge on any atom is 0.242 e. The number of carbonyl (C=O) groups excluding carboxylic acids is 1. The maximum absolute atomic E-state index is 12.6. The topological polar surface area (TPSA) is 50.2 Å². The average molecular weight is 354 g/mol. The molecule has 2 heterocycles. The Morgan fingerprint density at radius 1 is 1.08 bits per heavy atom. The molecule has 1 aromatic carbocycles. The summed E-state index contributed by atoms with van der Waals surface area (Å²) in [6.45, 7) is 2.50. The zero-order valence-corrected chi connectivity index (χ0v) is 15.6. The van der Waals surface area contributed by atoms with Crippen LogP contribution in [0.1, 0.15) is 51.4 Å². The first-order valence-corrected chi connectivity index (χ1v) is 10.2. The molecule has 0 spiro atoms. The van der Waals surface area contributed by atoms with Crippen molar-refractivity contribution in [3.8, 4) is 0 Å². The van der Waals surface area contributed by atoms with Gasteiger partial charge in [0, 0.05) is 24.0 Å². The highest BCUT2D eigenvalue weighted by molar-refractivity contribution is 5.82. The molecule has 1 amide bonds. The third kappa shape index (κ3) is 4.09. The molecule has 0 bridgehead atoms. The Bertz CT molecular complexity index is 732. The first kappa shape index (κ1) is 17.5. The molecule has 4 rings (SSSR count). The third-order valence-corrected chi connectivity index (χ3v) is 6.00. The van der Waals surface area contributed by atoms with Crippen LogP contribution in [-0.4, -0.2) is 45.8 Å². The van der Waals surface area contributed by atoms with E-state index in [2.05, 4.69) is 15.3 Å². The second-order valence-corrected chi connectivity index (χ2v) is 7.91. The first-order chi connectivity index (χ1) is 12.8. The van der Waals surface area contributed by atoms with Gasteiger partial charge in [0.05, 0.1) is 11.7 Å². The summed E-state index contributed by atoms with van der Waals surface area (Å²) in [5.41, 5.74) is 1.02. The summed E-state index contributed by atoms with van der Waals surface area (Å²) in [4.78, 5) is 15.2. The second-order valence-electron chi connectivity index (χ2n) is 7.91. The Morgan fingerprint density at radius 3 is 2.73 bits per heavy atom. The van der Waals surface area contributed by atoms with Gasteiger partial charge in [0.1, 0.15) is 6.54 Å². The molecule has 2 aromatic rings. The molecular weight excluding hydrogens is 324 g/mol. The van der Waals surface area contributed by atoms with Crippen LogP contribution in [0.25, 0.3) is 10.9 Å². The van der Waals surface area contributed by atoms with Crippen molar-refractivity contribution >= 4 is 16.8 Å². The van der Waals surface area contributed by atoms with E-state index in [1.807, 2.05) is 30.5 Å². The van der Waals surface area contributed by atoms with Gasteiger partial charge in [-0.1, -0.05) is 43.9 Å². The van der Waals surface area contributed by atoms with Gasteiger partial charge in [-0.15, -0.1) is 0 Å². The lowest BCUT2D eigenvalue weighted by atomic mass is 10.00. The zero-order valence-electron chi connectivity index (χ0n) is 15.6. The number of carbonyl (C=O) groups is 1. The van der Waals surface area contributed by atoms with Crippen LogP contribution >= 0.6 is 0 Å². The fraction of sp³-hybridized carbons (Fsp3) is 0.619. The monoisotopic (exact) mass is 354 g/mol. The number of hydrogen-bond donors (Lipinski definition) is 1. The van der Waals surface area contributed by atoms with Gasteiger partial charge in [0.25, 0.3) is 0 Å². The number of nitrogens with zero attached hydrogens (tertiary/aromatic N) is 3. The van der Waals surface area contributed by atoms with Crippen molar-refractivity contribution in [2.75, 3.05) is 13.1 Å². The van der Waals surface area contributed by atoms with Crippen LogP contribution in [0.5, 0.6) is 0 Å². The predicted octanol–water partition coefficient (Wildman–Crippen LogP) is 3.34. The fourth-order valence-electron chi connectivity index (χ4n) is 4.64. The largest absolute Gasteiger partial charge is 0.350 e. The number of para-hydroxylation sites is 1. The van der Waals surface area contributed by atoms with E-state index in [9.17, 15) is 4.79 Å². The van der Waals surface area contributed by atoms with Crippen LogP contribution in [0.4, 0.5) is 0 Å². The number of benzene rings is 1. The molecule has 5 nitrogen and oxygen atoms in total. The molecule has 26 heavy (non-hydrogen) atoms. The number of hydrogen-bond acceptors (Lipinski definition) is 3. The molecule has 1 aliphatic heterocycles. The normalized spacial score (nSPS) is 23.0. The Hall–Kier alpha value is -1.88. The molecule has 1 aliphatic carbocycles. The van der Waals surface area contributed by atoms with E-state index in [0.29, 0.717) is 6.54 Å². The number of amides is 1. The minimum atomic E-state index is 0.0755. The van der Waals surface area contributed by atoms with Crippen molar-refractivity contribution in [1.29, 1.82) is 0 Å². The van der Waals surface area contributed by atoms with Gasteiger partial charge >= 0.3 is 0 Å². The van der Waals surface area contributed by atoms with E-state index in [4.69, 9.17) is 0 Å². The summed E-state index contributed by atoms with van der Waals surface area (Å²) in [5, 5.41) is 8.72. The number of rotatable bonds is 4. The summed E-state index contributed by atoms with van der Waals surface area (Å²) < 4.78 is 1.80. The van der Waals surface area contributed by atoms with Crippen LogP contribution in [0.2, 0.25) is 0 Å². The quantitative estimate of drug-likeness (QED) is 0.857. The molecular formula is C21H30N4O. The van der Waals surface area contributed by atoms with Crippen LogP contribution in [-0.2, 0) is 11.3 Å². The number of likely N-dealkylation sites (tertiary alicyclic amines) is 1. The first-order valence-electron chi connectivity index (χ1n) is 10.2. The van der Waals surface area contributed by atoms with Gasteiger partial charge in [-0.05, 0) is 38.3 Å². The number of piperidine rings is 1. The molecule has 5 heteroatoms. The lowest BCUT2D eigenvalue weighted by molar-refractivity contribution is -0.123. The highest BCUT2D eigenvalue weighted by atomic mass is 16.2. The standard InChI is InChI=1S/C21H30N4O/c26-21(16-25-20-12-6-5-8-17(20)14-22-25)23-18-9-7-13-24(15-18)19-10-3-1-2-4-11-19/h5-6,8,12,14,18-19H,1-4,7,9-11,13,15-16H2,(H,23,26). The SMILES string of the molecule is O=C(Cn1ncc2ccccc21)NC1CCCN(C2CCCCCC2)C1. The fourth-order valence-corrected chi connectivity index (χ4v) is 4.64. The molecule has 1 saturated heterocycles. The molecule has 140 valence electrons. The van der Waals surface area contributed by atoms with Crippen molar-refractivity contribution in [1.82, 2.24) is 20.0 Å². The van der Waals surface area contributed by atoms with Gasteiger partial charge in [0.2, 0.25) is 5.91 Å². The molecule has 2 aliphatic rings. The summed E-state index contributed by atoms with van der Waals surface area (Å²) in [6, 6.07) is 9.04. The Labute approximate surface area is 155 Å². The van der Waals surface area contributed by atoms with E-state index >= 15 is 0 Å². The zero-order chi connectivity index (χ0) is 17.8. The molecule has 0 radical (unpaired) electrons. The Morgan fingerprint density at radius 2 is 1.88 bits per heavy atom. The van der Waals surface area contributed by atoms with Gasteiger partial charge in [-0.3, -0.25) is 14.4 Å². The minimum Gasteiger partial charge on any atom is -0.350 e. The van der Waals surface area contributed by atoms with Gasteiger partial charge in [-0.2, -0.15) is 5.10 Å². The van der Waals surface area contributed by atoms with Crippen LogP contribution in [0.3, 0.4) is 0 Å². The van der Waals surface area contributed by atoms with Gasteiger partial charge in [-0.25, -0.2) is 0 Å². The minimum absolute atomic E-state index is 0.0755. The highest BCUT2D eigenvalue weighted by Crippen LogP contribution is 2.24. The van der Waals surface area contributed by atoms with Crippen LogP contribution < -0.4 is 5.32 Å². The van der Waals surface area contributed by atoms with Crippen molar-refractivity contribution in [2.45, 2.75) is 70.0 Å². The average Bonchev–Trinajstić information content (AvgIpc) is 2.88. The van der Waals surface area contributed by atoms with Crippen molar-refractivity contribution in [2.24, 2.45) is 0 Å². The molecule has 1 unspecified atom stereocenters. The lowest BCUT2D eigenvalue weighted by Gasteiger charge is -2.38. The smallest absolute Gasteiger partial charge is 0.242 e. The van der Waals surface area contributed by atoms with Crippen molar-refractivity contribution in [3.63, 3.8) is 0 Å². The summed E-state index contributed by atoms with van der Waals surface area (Å²) >= 11 is 0. The number of aromatic nitrogens is 2. The van der Waals surface area contributed by atoms with Gasteiger partial charge < -0.3 is 5.32 Å². The molecule has 1 atom stereocenters. The maximum atomic E-state index is 12.6. The van der Waals surface area contributed by atoms with E-state index in [1.165, 1.54) is 51.5 Å². The van der Waals surface area contributed by atoms with E-state index in [0.717, 1.165) is 29.9 Å². The molecule has 1 saturated carbocycles. The number of fused-ring (bicyclic) bond motifs is 1. The number of nitrogens with one attached hydrogen (secondary N) is 1. The summed E-state index contributed by atoms with van der Waals surface area (Å²) in [5.74, 6) is 0.0755. The van der Waals surface area contributed by atoms with Crippen molar-refractivity contribution < 1.29 is 4.79 Å². The summed E-state index contributed by atoms with van der Waals surface area (Å²) in [6.07, 6.45) is 12.3. The Kier molecular flexibility index (Phi) is 5.54. The third-order valence-electron chi connectivity index (χ3n) is 6.00. The van der Waals surface area contributed by atoms with Crippen molar-refractivity contribution in [3.05, 3.63) is 30.5 Å². The highest BCUT2D eigenvalue weighted by Gasteiger charge is 2.27. The Balaban J connectivity index is 1.33. The summed E-state index contributed by atoms with van der Waals surface area (Å²) in [7, 11) is 0. The lowest BCUT2D eigenvalue weighted by Crippen LogP contribution is -2.51. The second kappa shape index (κ2) is 8.21. The van der Waals surface area contributed by atoms with E-state index < -0.39 is 0 Å². The molecule has 1 aromatic heterocycles. The molecule has 1 N–H and O–H groups in total. The molecule has 2 fully saturated rings. The van der Waals surface area contributed by atoms with Crippen LogP contribution in [0, 0.1) is 0 Å². The van der Waals surface area contributed by atoms with Gasteiger partial charge in [0.15, 0.2) is 0 Å². The van der Waals surface area contributed by atoms with E-state index in [1.54, 1.807) is 4.68 Å².